The van der Waals surface area contributed by atoms with Gasteiger partial charge in [0.25, 0.3) is 0 Å². The maximum Gasteiger partial charge on any atom is 0.434 e. The van der Waals surface area contributed by atoms with Gasteiger partial charge in [-0.25, -0.2) is 9.98 Å². The van der Waals surface area contributed by atoms with Crippen LogP contribution in [-0.2, 0) is 24.1 Å². The molecule has 1 saturated heterocycles. The molecule has 2 heterocycles. The number of alkyl halides is 3. The van der Waals surface area contributed by atoms with Gasteiger partial charge < -0.3 is 15.5 Å². The van der Waals surface area contributed by atoms with Crippen molar-refractivity contribution in [3.05, 3.63) is 45.9 Å². The second-order valence-electron chi connectivity index (χ2n) is 6.84. The van der Waals surface area contributed by atoms with Gasteiger partial charge in [0.15, 0.2) is 11.7 Å². The summed E-state index contributed by atoms with van der Waals surface area (Å²) in [7, 11) is 0. The molecular formula is C20H25F3IN5OS. The van der Waals surface area contributed by atoms with E-state index in [1.807, 2.05) is 36.1 Å². The predicted molar refractivity (Wildman–Crippen MR) is 127 cm³/mol. The van der Waals surface area contributed by atoms with Crippen LogP contribution in [0.4, 0.5) is 18.9 Å². The monoisotopic (exact) mass is 567 g/mol. The number of carbonyl (C=O) groups is 1. The number of nitrogens with one attached hydrogen (secondary N) is 2. The summed E-state index contributed by atoms with van der Waals surface area (Å²) in [5.74, 6) is 0.651. The Bertz CT molecular complexity index is 886. The van der Waals surface area contributed by atoms with Crippen LogP contribution in [0.25, 0.3) is 0 Å². The lowest BCUT2D eigenvalue weighted by molar-refractivity contribution is -0.140. The molecule has 1 aromatic heterocycles. The van der Waals surface area contributed by atoms with Crippen molar-refractivity contribution >= 4 is 52.9 Å². The number of hydrogen-bond acceptors (Lipinski definition) is 4. The van der Waals surface area contributed by atoms with E-state index in [0.29, 0.717) is 30.5 Å². The van der Waals surface area contributed by atoms with E-state index in [9.17, 15) is 18.0 Å². The largest absolute Gasteiger partial charge is 0.434 e. The van der Waals surface area contributed by atoms with Crippen molar-refractivity contribution in [2.45, 2.75) is 45.5 Å². The zero-order valence-electron chi connectivity index (χ0n) is 17.0. The van der Waals surface area contributed by atoms with Gasteiger partial charge in [0, 0.05) is 30.6 Å². The average Bonchev–Trinajstić information content (AvgIpc) is 3.21. The number of guanidine groups is 1. The number of nitrogens with zero attached hydrogens (tertiary/aromatic N) is 3. The van der Waals surface area contributed by atoms with Crippen LogP contribution in [0, 0.1) is 0 Å². The smallest absolute Gasteiger partial charge is 0.357 e. The Labute approximate surface area is 200 Å². The maximum atomic E-state index is 12.7. The van der Waals surface area contributed by atoms with E-state index in [2.05, 4.69) is 20.6 Å². The lowest BCUT2D eigenvalue weighted by atomic mass is 10.1. The van der Waals surface area contributed by atoms with Crippen LogP contribution in [0.5, 0.6) is 0 Å². The lowest BCUT2D eigenvalue weighted by Gasteiger charge is -2.26. The summed E-state index contributed by atoms with van der Waals surface area (Å²) >= 11 is 0.958. The van der Waals surface area contributed by atoms with Crippen LogP contribution < -0.4 is 15.5 Å². The molecule has 1 aliphatic rings. The quantitative estimate of drug-likeness (QED) is 0.306. The van der Waals surface area contributed by atoms with Gasteiger partial charge in [-0.3, -0.25) is 4.79 Å². The normalized spacial score (nSPS) is 14.9. The van der Waals surface area contributed by atoms with E-state index in [4.69, 9.17) is 0 Å². The van der Waals surface area contributed by atoms with E-state index in [1.54, 1.807) is 0 Å². The van der Waals surface area contributed by atoms with Gasteiger partial charge in [-0.15, -0.1) is 35.3 Å². The van der Waals surface area contributed by atoms with E-state index in [1.165, 1.54) is 0 Å². The number of carbonyl (C=O) groups excluding carboxylic acids is 1. The fourth-order valence-corrected chi connectivity index (χ4v) is 3.79. The number of aliphatic imine (C=N–C) groups is 1. The molecule has 0 aliphatic carbocycles. The molecule has 2 aromatic rings. The van der Waals surface area contributed by atoms with Crippen molar-refractivity contribution in [3.8, 4) is 0 Å². The van der Waals surface area contributed by atoms with Crippen LogP contribution in [0.1, 0.15) is 42.5 Å². The first kappa shape index (κ1) is 25.4. The summed E-state index contributed by atoms with van der Waals surface area (Å²) in [6.45, 7) is 3.83. The Balaban J connectivity index is 0.00000341. The van der Waals surface area contributed by atoms with E-state index in [-0.39, 0.29) is 36.4 Å². The standard InChI is InChI=1S/C20H24F3N5OS.HI/c1-2-24-19(26-12-17-27-16(13-30-17)20(21,22)23)25-11-14-6-8-15(9-7-14)28-10-4-3-5-18(28)29;/h6-9,13H,2-5,10-12H2,1H3,(H2,24,25,26);1H. The number of aromatic nitrogens is 1. The Morgan fingerprint density at radius 2 is 1.97 bits per heavy atom. The number of anilines is 1. The first-order chi connectivity index (χ1) is 14.4. The molecule has 0 saturated carbocycles. The molecule has 0 radical (unpaired) electrons. The minimum Gasteiger partial charge on any atom is -0.357 e. The maximum absolute atomic E-state index is 12.7. The highest BCUT2D eigenvalue weighted by atomic mass is 127. The molecule has 6 nitrogen and oxygen atoms in total. The molecule has 1 aliphatic heterocycles. The molecule has 3 rings (SSSR count). The fraction of sp³-hybridized carbons (Fsp3) is 0.450. The predicted octanol–water partition coefficient (Wildman–Crippen LogP) is 4.55. The third-order valence-corrected chi connectivity index (χ3v) is 5.43. The number of amides is 1. The molecule has 31 heavy (non-hydrogen) atoms. The Morgan fingerprint density at radius 1 is 1.23 bits per heavy atom. The van der Waals surface area contributed by atoms with Gasteiger partial charge in [-0.05, 0) is 37.5 Å². The van der Waals surface area contributed by atoms with Gasteiger partial charge in [0.05, 0.1) is 13.1 Å². The van der Waals surface area contributed by atoms with Crippen molar-refractivity contribution in [2.24, 2.45) is 4.99 Å². The van der Waals surface area contributed by atoms with Gasteiger partial charge in [0.1, 0.15) is 5.01 Å². The van der Waals surface area contributed by atoms with Crippen LogP contribution in [-0.4, -0.2) is 29.9 Å². The number of hydrogen-bond donors (Lipinski definition) is 2. The highest BCUT2D eigenvalue weighted by Crippen LogP contribution is 2.30. The van der Waals surface area contributed by atoms with Crippen molar-refractivity contribution in [3.63, 3.8) is 0 Å². The number of rotatable bonds is 6. The minimum atomic E-state index is -4.43. The minimum absolute atomic E-state index is 0. The van der Waals surface area contributed by atoms with Gasteiger partial charge in [0.2, 0.25) is 5.91 Å². The molecule has 1 amide bonds. The number of halogens is 4. The molecule has 0 spiro atoms. The molecular weight excluding hydrogens is 542 g/mol. The van der Waals surface area contributed by atoms with Crippen molar-refractivity contribution < 1.29 is 18.0 Å². The van der Waals surface area contributed by atoms with E-state index < -0.39 is 11.9 Å². The Kier molecular flexibility index (Phi) is 9.54. The highest BCUT2D eigenvalue weighted by Gasteiger charge is 2.33. The highest BCUT2D eigenvalue weighted by molar-refractivity contribution is 14.0. The molecule has 11 heteroatoms. The van der Waals surface area contributed by atoms with Gasteiger partial charge >= 0.3 is 6.18 Å². The third kappa shape index (κ3) is 7.34. The Hall–Kier alpha value is -1.89. The summed E-state index contributed by atoms with van der Waals surface area (Å²) in [5.41, 5.74) is 0.981. The molecule has 1 fully saturated rings. The van der Waals surface area contributed by atoms with Crippen LogP contribution in [0.2, 0.25) is 0 Å². The van der Waals surface area contributed by atoms with Gasteiger partial charge in [-0.1, -0.05) is 12.1 Å². The SMILES string of the molecule is CCNC(=NCc1ccc(N2CCCCC2=O)cc1)NCc1nc(C(F)(F)F)cs1.I. The number of piperidine rings is 1. The van der Waals surface area contributed by atoms with E-state index >= 15 is 0 Å². The second-order valence-corrected chi connectivity index (χ2v) is 7.78. The summed E-state index contributed by atoms with van der Waals surface area (Å²) < 4.78 is 38.0. The molecule has 2 N–H and O–H groups in total. The molecule has 170 valence electrons. The first-order valence-corrected chi connectivity index (χ1v) is 10.7. The number of thiazole rings is 1. The fourth-order valence-electron chi connectivity index (χ4n) is 3.05. The van der Waals surface area contributed by atoms with Crippen LogP contribution in [0.3, 0.4) is 0 Å². The lowest BCUT2D eigenvalue weighted by Crippen LogP contribution is -2.36. The summed E-state index contributed by atoms with van der Waals surface area (Å²) in [5, 5.41) is 7.42. The van der Waals surface area contributed by atoms with Crippen molar-refractivity contribution in [1.82, 2.24) is 15.6 Å². The first-order valence-electron chi connectivity index (χ1n) is 9.80. The van der Waals surface area contributed by atoms with Crippen molar-refractivity contribution in [2.75, 3.05) is 18.0 Å². The van der Waals surface area contributed by atoms with Crippen molar-refractivity contribution in [1.29, 1.82) is 0 Å². The summed E-state index contributed by atoms with van der Waals surface area (Å²) in [6, 6.07) is 7.70. The molecule has 0 unspecified atom stereocenters. The molecule has 0 atom stereocenters. The average molecular weight is 567 g/mol. The number of benzene rings is 1. The molecule has 1 aromatic carbocycles. The van der Waals surface area contributed by atoms with Crippen LogP contribution >= 0.6 is 35.3 Å². The summed E-state index contributed by atoms with van der Waals surface area (Å²) in [6.07, 6.45) is -1.88. The Morgan fingerprint density at radius 3 is 2.58 bits per heavy atom. The van der Waals surface area contributed by atoms with Crippen LogP contribution in [0.15, 0.2) is 34.6 Å². The molecule has 0 bridgehead atoms. The topological polar surface area (TPSA) is 69.6 Å². The zero-order chi connectivity index (χ0) is 21.6. The van der Waals surface area contributed by atoms with E-state index in [0.717, 1.165) is 47.4 Å². The zero-order valence-corrected chi connectivity index (χ0v) is 20.2. The van der Waals surface area contributed by atoms with Gasteiger partial charge in [-0.2, -0.15) is 13.2 Å². The third-order valence-electron chi connectivity index (χ3n) is 4.58. The summed E-state index contributed by atoms with van der Waals surface area (Å²) in [4.78, 5) is 21.9. The second kappa shape index (κ2) is 11.7.